The summed E-state index contributed by atoms with van der Waals surface area (Å²) in [5, 5.41) is 8.58. The Morgan fingerprint density at radius 3 is 2.36 bits per heavy atom. The van der Waals surface area contributed by atoms with Crippen LogP contribution >= 0.6 is 12.4 Å². The van der Waals surface area contributed by atoms with Crippen molar-refractivity contribution in [1.82, 2.24) is 0 Å². The van der Waals surface area contributed by atoms with E-state index in [-0.39, 0.29) is 18.4 Å². The summed E-state index contributed by atoms with van der Waals surface area (Å²) in [6.45, 7) is 3.69. The van der Waals surface area contributed by atoms with Crippen molar-refractivity contribution < 1.29 is 9.90 Å². The fourth-order valence-corrected chi connectivity index (χ4v) is 1.29. The van der Waals surface area contributed by atoms with Crippen LogP contribution < -0.4 is 5.73 Å². The molecule has 0 aromatic carbocycles. The lowest BCUT2D eigenvalue weighted by atomic mass is 10.1. The van der Waals surface area contributed by atoms with Crippen molar-refractivity contribution >= 4 is 18.4 Å². The van der Waals surface area contributed by atoms with Gasteiger partial charge < -0.3 is 10.8 Å². The molecule has 11 heavy (non-hydrogen) atoms. The van der Waals surface area contributed by atoms with Gasteiger partial charge in [0.2, 0.25) is 0 Å². The minimum absolute atomic E-state index is 0. The van der Waals surface area contributed by atoms with Crippen LogP contribution in [0.2, 0.25) is 0 Å². The molecule has 1 fully saturated rings. The summed E-state index contributed by atoms with van der Waals surface area (Å²) >= 11 is 0. The predicted octanol–water partition coefficient (Wildman–Crippen LogP) is 0.786. The number of aliphatic carboxylic acids is 1. The zero-order chi connectivity index (χ0) is 7.72. The van der Waals surface area contributed by atoms with E-state index in [9.17, 15) is 4.79 Å². The summed E-state index contributed by atoms with van der Waals surface area (Å²) in [4.78, 5) is 10.4. The van der Waals surface area contributed by atoms with E-state index in [0.717, 1.165) is 5.57 Å². The highest BCUT2D eigenvalue weighted by Gasteiger charge is 2.31. The molecule has 0 aromatic heterocycles. The molecule has 0 aliphatic heterocycles. The molecule has 0 unspecified atom stereocenters. The van der Waals surface area contributed by atoms with E-state index in [1.54, 1.807) is 0 Å². The molecule has 1 rings (SSSR count). The van der Waals surface area contributed by atoms with Crippen LogP contribution in [-0.2, 0) is 4.79 Å². The third-order valence-corrected chi connectivity index (χ3v) is 1.87. The highest BCUT2D eigenvalue weighted by atomic mass is 35.5. The molecule has 64 valence electrons. The molecule has 1 aliphatic rings. The smallest absolute Gasteiger partial charge is 0.308 e. The molecule has 3 N–H and O–H groups in total. The second-order valence-corrected chi connectivity index (χ2v) is 2.77. The van der Waals surface area contributed by atoms with E-state index in [1.165, 1.54) is 0 Å². The third kappa shape index (κ3) is 2.20. The Morgan fingerprint density at radius 2 is 2.18 bits per heavy atom. The van der Waals surface area contributed by atoms with Gasteiger partial charge in [0.05, 0.1) is 5.92 Å². The Labute approximate surface area is 71.7 Å². The van der Waals surface area contributed by atoms with Crippen LogP contribution in [0.1, 0.15) is 12.8 Å². The van der Waals surface area contributed by atoms with Crippen LogP contribution in [-0.4, -0.2) is 17.1 Å². The van der Waals surface area contributed by atoms with E-state index < -0.39 is 11.9 Å². The van der Waals surface area contributed by atoms with Crippen LogP contribution in [0.15, 0.2) is 12.2 Å². The maximum Gasteiger partial charge on any atom is 0.308 e. The fourth-order valence-electron chi connectivity index (χ4n) is 1.29. The summed E-state index contributed by atoms with van der Waals surface area (Å²) in [7, 11) is 0. The first-order valence-corrected chi connectivity index (χ1v) is 3.26. The molecule has 2 atom stereocenters. The van der Waals surface area contributed by atoms with Gasteiger partial charge in [-0.1, -0.05) is 12.2 Å². The number of carboxylic acid groups (broad SMARTS) is 1. The summed E-state index contributed by atoms with van der Waals surface area (Å²) in [5.41, 5.74) is 6.49. The van der Waals surface area contributed by atoms with E-state index >= 15 is 0 Å². The van der Waals surface area contributed by atoms with Gasteiger partial charge in [-0.3, -0.25) is 4.79 Å². The molecule has 0 amide bonds. The first kappa shape index (κ1) is 10.5. The number of hydrogen-bond donors (Lipinski definition) is 2. The molecule has 4 heteroatoms. The lowest BCUT2D eigenvalue weighted by Gasteiger charge is -2.07. The molecule has 0 heterocycles. The van der Waals surface area contributed by atoms with Gasteiger partial charge in [-0.25, -0.2) is 0 Å². The maximum absolute atomic E-state index is 10.4. The number of carboxylic acids is 1. The van der Waals surface area contributed by atoms with E-state index in [4.69, 9.17) is 10.8 Å². The Bertz CT molecular complexity index is 181. The van der Waals surface area contributed by atoms with Crippen molar-refractivity contribution in [2.45, 2.75) is 18.9 Å². The number of halogens is 1. The average molecular weight is 178 g/mol. The molecule has 1 aliphatic carbocycles. The molecular formula is C7H12ClNO2. The Morgan fingerprint density at radius 1 is 1.64 bits per heavy atom. The third-order valence-electron chi connectivity index (χ3n) is 1.87. The normalized spacial score (nSPS) is 29.7. The van der Waals surface area contributed by atoms with Gasteiger partial charge in [-0.05, 0) is 12.8 Å². The quantitative estimate of drug-likeness (QED) is 0.582. The van der Waals surface area contributed by atoms with Crippen LogP contribution in [0.25, 0.3) is 0 Å². The largest absolute Gasteiger partial charge is 0.481 e. The van der Waals surface area contributed by atoms with Gasteiger partial charge in [0, 0.05) is 6.04 Å². The maximum atomic E-state index is 10.4. The molecule has 3 nitrogen and oxygen atoms in total. The van der Waals surface area contributed by atoms with Crippen molar-refractivity contribution in [3.63, 3.8) is 0 Å². The zero-order valence-electron chi connectivity index (χ0n) is 6.12. The predicted molar refractivity (Wildman–Crippen MR) is 44.7 cm³/mol. The molecule has 0 spiro atoms. The number of rotatable bonds is 1. The summed E-state index contributed by atoms with van der Waals surface area (Å²) in [6, 6.07) is -0.218. The number of carbonyl (C=O) groups is 1. The Kier molecular flexibility index (Phi) is 3.55. The molecule has 0 radical (unpaired) electrons. The Balaban J connectivity index is 0.000001000. The molecule has 0 aromatic rings. The summed E-state index contributed by atoms with van der Waals surface area (Å²) < 4.78 is 0. The average Bonchev–Trinajstić information content (AvgIpc) is 2.10. The monoisotopic (exact) mass is 177 g/mol. The highest BCUT2D eigenvalue weighted by Crippen LogP contribution is 2.27. The fraction of sp³-hybridized carbons (Fsp3) is 0.571. The van der Waals surface area contributed by atoms with Crippen molar-refractivity contribution in [3.05, 3.63) is 12.2 Å². The van der Waals surface area contributed by atoms with E-state index in [2.05, 4.69) is 6.58 Å². The van der Waals surface area contributed by atoms with Gasteiger partial charge in [-0.2, -0.15) is 0 Å². The Hall–Kier alpha value is -0.540. The first-order valence-electron chi connectivity index (χ1n) is 3.26. The summed E-state index contributed by atoms with van der Waals surface area (Å²) in [5.74, 6) is -1.20. The number of nitrogens with two attached hydrogens (primary N) is 1. The summed E-state index contributed by atoms with van der Waals surface area (Å²) in [6.07, 6.45) is 1.22. The SMILES string of the molecule is C=C1C[C@@H](N)[C@@H](C(=O)O)C1.Cl. The van der Waals surface area contributed by atoms with Gasteiger partial charge in [0.1, 0.15) is 0 Å². The van der Waals surface area contributed by atoms with Crippen LogP contribution in [0.3, 0.4) is 0 Å². The van der Waals surface area contributed by atoms with Gasteiger partial charge >= 0.3 is 5.97 Å². The van der Waals surface area contributed by atoms with E-state index in [0.29, 0.717) is 12.8 Å². The molecule has 0 saturated heterocycles. The van der Waals surface area contributed by atoms with Gasteiger partial charge in [0.25, 0.3) is 0 Å². The van der Waals surface area contributed by atoms with Crippen molar-refractivity contribution in [1.29, 1.82) is 0 Å². The molecular weight excluding hydrogens is 166 g/mol. The minimum Gasteiger partial charge on any atom is -0.481 e. The van der Waals surface area contributed by atoms with Crippen LogP contribution in [0.4, 0.5) is 0 Å². The van der Waals surface area contributed by atoms with Gasteiger partial charge in [-0.15, -0.1) is 12.4 Å². The van der Waals surface area contributed by atoms with Crippen LogP contribution in [0.5, 0.6) is 0 Å². The second kappa shape index (κ2) is 3.74. The van der Waals surface area contributed by atoms with Gasteiger partial charge in [0.15, 0.2) is 0 Å². The first-order chi connectivity index (χ1) is 4.61. The second-order valence-electron chi connectivity index (χ2n) is 2.77. The molecule has 1 saturated carbocycles. The lowest BCUT2D eigenvalue weighted by molar-refractivity contribution is -0.141. The van der Waals surface area contributed by atoms with Crippen molar-refractivity contribution in [3.8, 4) is 0 Å². The standard InChI is InChI=1S/C7H11NO2.ClH/c1-4-2-5(7(9)10)6(8)3-4;/h5-6H,1-3,8H2,(H,9,10);1H/t5-,6+;/m0./s1. The number of hydrogen-bond acceptors (Lipinski definition) is 2. The minimum atomic E-state index is -0.800. The van der Waals surface area contributed by atoms with Crippen molar-refractivity contribution in [2.75, 3.05) is 0 Å². The van der Waals surface area contributed by atoms with Crippen molar-refractivity contribution in [2.24, 2.45) is 11.7 Å². The van der Waals surface area contributed by atoms with Crippen LogP contribution in [0, 0.1) is 5.92 Å². The zero-order valence-corrected chi connectivity index (χ0v) is 6.93. The lowest BCUT2D eigenvalue weighted by Crippen LogP contribution is -2.30. The van der Waals surface area contributed by atoms with E-state index in [1.807, 2.05) is 0 Å². The molecule has 0 bridgehead atoms. The highest BCUT2D eigenvalue weighted by molar-refractivity contribution is 5.85. The topological polar surface area (TPSA) is 63.3 Å².